The molecule has 0 fully saturated rings. The van der Waals surface area contributed by atoms with E-state index < -0.39 is 5.97 Å². The number of benzene rings is 1. The summed E-state index contributed by atoms with van der Waals surface area (Å²) in [5.74, 6) is -0.286. The molecule has 0 amide bonds. The summed E-state index contributed by atoms with van der Waals surface area (Å²) in [5, 5.41) is 9.64. The van der Waals surface area contributed by atoms with Crippen LogP contribution in [0.5, 0.6) is 5.75 Å². The Bertz CT molecular complexity index is 759. The average Bonchev–Trinajstić information content (AvgIpc) is 2.36. The molecule has 0 bridgehead atoms. The molecule has 0 spiro atoms. The number of aliphatic carboxylic acids is 1. The number of carbonyl (C=O) groups is 1. The van der Waals surface area contributed by atoms with Gasteiger partial charge in [0.25, 0.3) is 0 Å². The fourth-order valence-corrected chi connectivity index (χ4v) is 2.62. The fourth-order valence-electron chi connectivity index (χ4n) is 2.62. The van der Waals surface area contributed by atoms with Crippen molar-refractivity contribution in [3.63, 3.8) is 0 Å². The van der Waals surface area contributed by atoms with E-state index in [1.165, 1.54) is 6.07 Å². The first-order chi connectivity index (χ1) is 10.3. The summed E-state index contributed by atoms with van der Waals surface area (Å²) >= 11 is 0. The molecule has 0 radical (unpaired) electrons. The molecule has 0 aliphatic heterocycles. The predicted octanol–water partition coefficient (Wildman–Crippen LogP) is 3.00. The van der Waals surface area contributed by atoms with E-state index in [0.717, 1.165) is 0 Å². The van der Waals surface area contributed by atoms with Gasteiger partial charge in [-0.1, -0.05) is 0 Å². The minimum atomic E-state index is -0.956. The van der Waals surface area contributed by atoms with Gasteiger partial charge < -0.3 is 14.4 Å². The molecule has 1 N–H and O–H groups in total. The average molecular weight is 303 g/mol. The van der Waals surface area contributed by atoms with Crippen LogP contribution in [0.4, 0.5) is 0 Å². The normalized spacial score (nSPS) is 11.4. The summed E-state index contributed by atoms with van der Waals surface area (Å²) < 4.78 is 7.57. The summed E-state index contributed by atoms with van der Waals surface area (Å²) in [6.07, 6.45) is -0.155. The van der Waals surface area contributed by atoms with Crippen molar-refractivity contribution in [1.82, 2.24) is 4.57 Å². The second kappa shape index (κ2) is 6.22. The zero-order valence-corrected chi connectivity index (χ0v) is 13.3. The first-order valence-electron chi connectivity index (χ1n) is 7.36. The van der Waals surface area contributed by atoms with Crippen LogP contribution in [0.15, 0.2) is 29.1 Å². The molecule has 5 heteroatoms. The van der Waals surface area contributed by atoms with Crippen molar-refractivity contribution in [2.75, 3.05) is 0 Å². The third-order valence-corrected chi connectivity index (χ3v) is 3.32. The lowest BCUT2D eigenvalue weighted by Gasteiger charge is -2.20. The quantitative estimate of drug-likeness (QED) is 0.922. The van der Waals surface area contributed by atoms with Crippen molar-refractivity contribution in [3.8, 4) is 5.75 Å². The van der Waals surface area contributed by atoms with Gasteiger partial charge in [-0.3, -0.25) is 9.59 Å². The standard InChI is InChI=1S/C17H21NO4/c1-10(2)18-12(8-17(20)21)7-16(19)14-6-5-13(9-15(14)18)22-11(3)4/h5-7,9-11H,8H2,1-4H3,(H,20,21). The largest absolute Gasteiger partial charge is 0.491 e. The lowest BCUT2D eigenvalue weighted by molar-refractivity contribution is -0.136. The Morgan fingerprint density at radius 3 is 2.45 bits per heavy atom. The molecule has 2 rings (SSSR count). The van der Waals surface area contributed by atoms with Crippen LogP contribution in [0.25, 0.3) is 10.9 Å². The molecule has 22 heavy (non-hydrogen) atoms. The van der Waals surface area contributed by atoms with Gasteiger partial charge in [-0.25, -0.2) is 0 Å². The van der Waals surface area contributed by atoms with Crippen molar-refractivity contribution >= 4 is 16.9 Å². The van der Waals surface area contributed by atoms with Gasteiger partial charge in [-0.05, 0) is 39.8 Å². The van der Waals surface area contributed by atoms with Crippen LogP contribution in [0.3, 0.4) is 0 Å². The van der Waals surface area contributed by atoms with Gasteiger partial charge in [0.05, 0.1) is 18.0 Å². The van der Waals surface area contributed by atoms with Gasteiger partial charge in [0, 0.05) is 29.3 Å². The highest BCUT2D eigenvalue weighted by Gasteiger charge is 2.15. The van der Waals surface area contributed by atoms with Crippen molar-refractivity contribution in [3.05, 3.63) is 40.2 Å². The predicted molar refractivity (Wildman–Crippen MR) is 85.7 cm³/mol. The van der Waals surface area contributed by atoms with Gasteiger partial charge in [-0.2, -0.15) is 0 Å². The molecule has 5 nitrogen and oxygen atoms in total. The Kier molecular flexibility index (Phi) is 4.54. The van der Waals surface area contributed by atoms with Gasteiger partial charge in [0.1, 0.15) is 5.75 Å². The fraction of sp³-hybridized carbons (Fsp3) is 0.412. The monoisotopic (exact) mass is 303 g/mol. The minimum absolute atomic E-state index is 0.0267. The van der Waals surface area contributed by atoms with Crippen molar-refractivity contribution in [1.29, 1.82) is 0 Å². The second-order valence-electron chi connectivity index (χ2n) is 5.88. The van der Waals surface area contributed by atoms with Crippen LogP contribution in [0.1, 0.15) is 39.4 Å². The second-order valence-corrected chi connectivity index (χ2v) is 5.88. The number of carboxylic acids is 1. The Hall–Kier alpha value is -2.30. The summed E-state index contributed by atoms with van der Waals surface area (Å²) in [6.45, 7) is 7.79. The lowest BCUT2D eigenvalue weighted by atomic mass is 10.1. The van der Waals surface area contributed by atoms with Crippen LogP contribution >= 0.6 is 0 Å². The molecule has 0 aliphatic carbocycles. The highest BCUT2D eigenvalue weighted by Crippen LogP contribution is 2.24. The smallest absolute Gasteiger partial charge is 0.309 e. The zero-order valence-electron chi connectivity index (χ0n) is 13.3. The maximum atomic E-state index is 12.2. The van der Waals surface area contributed by atoms with Crippen molar-refractivity contribution < 1.29 is 14.6 Å². The van der Waals surface area contributed by atoms with Gasteiger partial charge >= 0.3 is 5.97 Å². The van der Waals surface area contributed by atoms with E-state index >= 15 is 0 Å². The summed E-state index contributed by atoms with van der Waals surface area (Å²) in [6, 6.07) is 6.76. The molecule has 1 aromatic carbocycles. The summed E-state index contributed by atoms with van der Waals surface area (Å²) in [7, 11) is 0. The van der Waals surface area contributed by atoms with E-state index in [4.69, 9.17) is 9.84 Å². The Morgan fingerprint density at radius 1 is 1.23 bits per heavy atom. The summed E-state index contributed by atoms with van der Waals surface area (Å²) in [4.78, 5) is 23.3. The zero-order chi connectivity index (χ0) is 16.4. The molecule has 118 valence electrons. The Labute approximate surface area is 129 Å². The van der Waals surface area contributed by atoms with Gasteiger partial charge in [0.2, 0.25) is 0 Å². The number of hydrogen-bond donors (Lipinski definition) is 1. The number of hydrogen-bond acceptors (Lipinski definition) is 3. The Morgan fingerprint density at radius 2 is 1.91 bits per heavy atom. The van der Waals surface area contributed by atoms with Crippen molar-refractivity contribution in [2.24, 2.45) is 0 Å². The van der Waals surface area contributed by atoms with Crippen LogP contribution in [-0.2, 0) is 11.2 Å². The van der Waals surface area contributed by atoms with Crippen LogP contribution in [0.2, 0.25) is 0 Å². The maximum Gasteiger partial charge on any atom is 0.309 e. The molecular weight excluding hydrogens is 282 g/mol. The number of aromatic nitrogens is 1. The third kappa shape index (κ3) is 3.30. The van der Waals surface area contributed by atoms with Crippen LogP contribution in [0, 0.1) is 0 Å². The van der Waals surface area contributed by atoms with Crippen LogP contribution < -0.4 is 10.2 Å². The highest BCUT2D eigenvalue weighted by atomic mass is 16.5. The SMILES string of the molecule is CC(C)Oc1ccc2c(=O)cc(CC(=O)O)n(C(C)C)c2c1. The highest BCUT2D eigenvalue weighted by molar-refractivity contribution is 5.82. The van der Waals surface area contributed by atoms with Gasteiger partial charge in [0.15, 0.2) is 5.43 Å². The number of nitrogens with zero attached hydrogens (tertiary/aromatic N) is 1. The first kappa shape index (κ1) is 16.1. The van der Waals surface area contributed by atoms with E-state index in [2.05, 4.69) is 0 Å². The van der Waals surface area contributed by atoms with Crippen molar-refractivity contribution in [2.45, 2.75) is 46.3 Å². The van der Waals surface area contributed by atoms with E-state index in [-0.39, 0.29) is 24.0 Å². The topological polar surface area (TPSA) is 68.5 Å². The number of pyridine rings is 1. The molecule has 0 unspecified atom stereocenters. The lowest BCUT2D eigenvalue weighted by Crippen LogP contribution is -2.18. The number of carboxylic acid groups (broad SMARTS) is 1. The molecule has 0 aliphatic rings. The van der Waals surface area contributed by atoms with E-state index in [0.29, 0.717) is 22.3 Å². The molecule has 2 aromatic rings. The molecule has 1 heterocycles. The first-order valence-corrected chi connectivity index (χ1v) is 7.36. The number of ether oxygens (including phenoxy) is 1. The molecule has 1 aromatic heterocycles. The van der Waals surface area contributed by atoms with E-state index in [1.807, 2.05) is 38.3 Å². The van der Waals surface area contributed by atoms with E-state index in [1.54, 1.807) is 12.1 Å². The maximum absolute atomic E-state index is 12.2. The number of fused-ring (bicyclic) bond motifs is 1. The van der Waals surface area contributed by atoms with Gasteiger partial charge in [-0.15, -0.1) is 0 Å². The summed E-state index contributed by atoms with van der Waals surface area (Å²) in [5.41, 5.74) is 1.04. The molecule has 0 saturated heterocycles. The molecular formula is C17H21NO4. The minimum Gasteiger partial charge on any atom is -0.491 e. The number of rotatable bonds is 5. The Balaban J connectivity index is 2.74. The van der Waals surface area contributed by atoms with E-state index in [9.17, 15) is 9.59 Å². The van der Waals surface area contributed by atoms with Crippen LogP contribution in [-0.4, -0.2) is 21.7 Å². The third-order valence-electron chi connectivity index (χ3n) is 3.32. The molecule has 0 saturated carbocycles. The molecule has 0 atom stereocenters.